The third-order valence-electron chi connectivity index (χ3n) is 5.03. The number of H-pyrrole nitrogens is 1. The molecule has 0 amide bonds. The lowest BCUT2D eigenvalue weighted by Gasteiger charge is -2.13. The second-order valence-electron chi connectivity index (χ2n) is 6.97. The highest BCUT2D eigenvalue weighted by atomic mass is 16.5. The number of aryl methyl sites for hydroxylation is 2. The summed E-state index contributed by atoms with van der Waals surface area (Å²) in [5, 5.41) is 15.0. The molecule has 2 aromatic heterocycles. The van der Waals surface area contributed by atoms with Gasteiger partial charge in [0, 0.05) is 36.0 Å². The number of imidazole rings is 1. The van der Waals surface area contributed by atoms with Crippen LogP contribution in [0.5, 0.6) is 0 Å². The zero-order chi connectivity index (χ0) is 18.4. The van der Waals surface area contributed by atoms with Crippen molar-refractivity contribution in [2.45, 2.75) is 39.5 Å². The topological polar surface area (TPSA) is 90.6 Å². The molecule has 3 N–H and O–H groups in total. The van der Waals surface area contributed by atoms with Gasteiger partial charge in [-0.25, -0.2) is 4.98 Å². The number of nitrogens with zero attached hydrogens (tertiary/aromatic N) is 2. The van der Waals surface area contributed by atoms with Gasteiger partial charge in [-0.3, -0.25) is 0 Å². The van der Waals surface area contributed by atoms with Crippen LogP contribution in [0.15, 0.2) is 22.2 Å². The van der Waals surface area contributed by atoms with Crippen molar-refractivity contribution in [1.29, 1.82) is 5.41 Å². The zero-order valence-electron chi connectivity index (χ0n) is 15.5. The first kappa shape index (κ1) is 16.6. The fourth-order valence-corrected chi connectivity index (χ4v) is 3.54. The summed E-state index contributed by atoms with van der Waals surface area (Å²) < 4.78 is 5.37. The van der Waals surface area contributed by atoms with Gasteiger partial charge < -0.3 is 20.2 Å². The Bertz CT molecular complexity index is 1020. The SMILES string of the molecule is CN/C(=C(/C)C=N)c1cc(-c2c(C)noc2C)cc2nc(C3CC3)[nH]c12. The van der Waals surface area contributed by atoms with Gasteiger partial charge in [-0.2, -0.15) is 0 Å². The highest BCUT2D eigenvalue weighted by molar-refractivity contribution is 5.98. The van der Waals surface area contributed by atoms with E-state index in [0.717, 1.165) is 56.3 Å². The van der Waals surface area contributed by atoms with Gasteiger partial charge in [0.05, 0.1) is 16.7 Å². The van der Waals surface area contributed by atoms with Crippen molar-refractivity contribution in [2.24, 2.45) is 0 Å². The summed E-state index contributed by atoms with van der Waals surface area (Å²) in [7, 11) is 1.88. The molecule has 134 valence electrons. The Morgan fingerprint density at radius 2 is 2.12 bits per heavy atom. The van der Waals surface area contributed by atoms with Crippen LogP contribution in [0, 0.1) is 19.3 Å². The Kier molecular flexibility index (Phi) is 3.90. The lowest BCUT2D eigenvalue weighted by Crippen LogP contribution is -2.08. The summed E-state index contributed by atoms with van der Waals surface area (Å²) >= 11 is 0. The van der Waals surface area contributed by atoms with Gasteiger partial charge in [-0.15, -0.1) is 0 Å². The van der Waals surface area contributed by atoms with Crippen molar-refractivity contribution < 1.29 is 4.52 Å². The number of hydrogen-bond donors (Lipinski definition) is 3. The molecule has 6 heteroatoms. The maximum atomic E-state index is 7.67. The van der Waals surface area contributed by atoms with Gasteiger partial charge in [0.1, 0.15) is 11.6 Å². The van der Waals surface area contributed by atoms with Crippen molar-refractivity contribution in [1.82, 2.24) is 20.4 Å². The van der Waals surface area contributed by atoms with E-state index in [1.165, 1.54) is 19.1 Å². The van der Waals surface area contributed by atoms with Crippen LogP contribution >= 0.6 is 0 Å². The van der Waals surface area contributed by atoms with Crippen LogP contribution in [0.3, 0.4) is 0 Å². The summed E-state index contributed by atoms with van der Waals surface area (Å²) in [6.07, 6.45) is 3.76. The van der Waals surface area contributed by atoms with E-state index in [1.54, 1.807) is 0 Å². The van der Waals surface area contributed by atoms with Gasteiger partial charge in [-0.1, -0.05) is 5.16 Å². The molecule has 3 aromatic rings. The quantitative estimate of drug-likeness (QED) is 0.599. The van der Waals surface area contributed by atoms with Gasteiger partial charge in [-0.05, 0) is 56.9 Å². The number of aromatic nitrogens is 3. The van der Waals surface area contributed by atoms with Crippen molar-refractivity contribution in [3.63, 3.8) is 0 Å². The molecule has 1 fully saturated rings. The third kappa shape index (κ3) is 2.62. The van der Waals surface area contributed by atoms with Crippen LogP contribution in [-0.2, 0) is 0 Å². The maximum absolute atomic E-state index is 7.67. The Hall–Kier alpha value is -2.89. The molecule has 26 heavy (non-hydrogen) atoms. The molecular formula is C20H23N5O. The highest BCUT2D eigenvalue weighted by Crippen LogP contribution is 2.41. The number of fused-ring (bicyclic) bond motifs is 1. The molecule has 6 nitrogen and oxygen atoms in total. The highest BCUT2D eigenvalue weighted by Gasteiger charge is 2.28. The van der Waals surface area contributed by atoms with E-state index in [0.29, 0.717) is 5.92 Å². The molecule has 0 spiro atoms. The fourth-order valence-electron chi connectivity index (χ4n) is 3.54. The van der Waals surface area contributed by atoms with Crippen LogP contribution in [-0.4, -0.2) is 28.4 Å². The van der Waals surface area contributed by atoms with Gasteiger partial charge in [0.2, 0.25) is 0 Å². The summed E-state index contributed by atoms with van der Waals surface area (Å²) in [6, 6.07) is 4.23. The Morgan fingerprint density at radius 1 is 1.35 bits per heavy atom. The van der Waals surface area contributed by atoms with Crippen molar-refractivity contribution in [3.8, 4) is 11.1 Å². The second-order valence-corrected chi connectivity index (χ2v) is 6.97. The van der Waals surface area contributed by atoms with Crippen LogP contribution in [0.1, 0.15) is 48.5 Å². The first-order chi connectivity index (χ1) is 12.5. The number of aromatic amines is 1. The summed E-state index contributed by atoms with van der Waals surface area (Å²) in [5.41, 5.74) is 7.65. The van der Waals surface area contributed by atoms with Crippen molar-refractivity contribution in [2.75, 3.05) is 7.05 Å². The predicted octanol–water partition coefficient (Wildman–Crippen LogP) is 4.31. The van der Waals surface area contributed by atoms with E-state index in [4.69, 9.17) is 14.9 Å². The van der Waals surface area contributed by atoms with E-state index in [2.05, 4.69) is 27.6 Å². The largest absolute Gasteiger partial charge is 0.387 e. The van der Waals surface area contributed by atoms with Crippen LogP contribution in [0.2, 0.25) is 0 Å². The lowest BCUT2D eigenvalue weighted by molar-refractivity contribution is 0.393. The van der Waals surface area contributed by atoms with Crippen molar-refractivity contribution in [3.05, 3.63) is 40.5 Å². The van der Waals surface area contributed by atoms with Crippen molar-refractivity contribution >= 4 is 22.9 Å². The Balaban J connectivity index is 2.02. The number of hydrogen-bond acceptors (Lipinski definition) is 5. The van der Waals surface area contributed by atoms with E-state index in [-0.39, 0.29) is 0 Å². The van der Waals surface area contributed by atoms with E-state index in [1.807, 2.05) is 27.8 Å². The average Bonchev–Trinajstić information content (AvgIpc) is 3.31. The van der Waals surface area contributed by atoms with E-state index >= 15 is 0 Å². The molecule has 0 aliphatic heterocycles. The summed E-state index contributed by atoms with van der Waals surface area (Å²) in [4.78, 5) is 8.38. The Labute approximate surface area is 152 Å². The number of rotatable bonds is 5. The minimum Gasteiger partial charge on any atom is -0.387 e. The second kappa shape index (κ2) is 6.12. The molecule has 0 unspecified atom stereocenters. The Morgan fingerprint density at radius 3 is 2.69 bits per heavy atom. The molecule has 0 saturated heterocycles. The van der Waals surface area contributed by atoms with Gasteiger partial charge >= 0.3 is 0 Å². The normalized spacial score (nSPS) is 15.2. The summed E-state index contributed by atoms with van der Waals surface area (Å²) in [5.74, 6) is 2.40. The fraction of sp³-hybridized carbons (Fsp3) is 0.350. The molecule has 1 aromatic carbocycles. The number of nitrogens with one attached hydrogen (secondary N) is 3. The van der Waals surface area contributed by atoms with Gasteiger partial charge in [0.25, 0.3) is 0 Å². The van der Waals surface area contributed by atoms with E-state index < -0.39 is 0 Å². The molecule has 4 rings (SSSR count). The molecular weight excluding hydrogens is 326 g/mol. The lowest BCUT2D eigenvalue weighted by atomic mass is 9.97. The molecule has 0 atom stereocenters. The molecule has 1 aliphatic carbocycles. The predicted molar refractivity (Wildman–Crippen MR) is 103 cm³/mol. The first-order valence-corrected chi connectivity index (χ1v) is 8.89. The van der Waals surface area contributed by atoms with Gasteiger partial charge in [0.15, 0.2) is 0 Å². The van der Waals surface area contributed by atoms with Crippen LogP contribution < -0.4 is 5.32 Å². The smallest absolute Gasteiger partial charge is 0.141 e. The average molecular weight is 349 g/mol. The van der Waals surface area contributed by atoms with E-state index in [9.17, 15) is 0 Å². The molecule has 0 radical (unpaired) electrons. The minimum atomic E-state index is 0.545. The standard InChI is InChI=1S/C20H23N5O/c1-10(9-21)18(22-4)15-7-14(17-11(2)25-26-12(17)3)8-16-19(15)24-20(23-16)13-5-6-13/h7-9,13,21-22H,5-6H2,1-4H3,(H,23,24)/b18-10-,21-9?. The monoisotopic (exact) mass is 349 g/mol. The molecule has 2 heterocycles. The molecule has 1 aliphatic rings. The van der Waals surface area contributed by atoms with Crippen LogP contribution in [0.25, 0.3) is 27.9 Å². The van der Waals surface area contributed by atoms with Crippen LogP contribution in [0.4, 0.5) is 0 Å². The molecule has 1 saturated carbocycles. The maximum Gasteiger partial charge on any atom is 0.141 e. The number of allylic oxidation sites excluding steroid dienone is 1. The zero-order valence-corrected chi connectivity index (χ0v) is 15.5. The first-order valence-electron chi connectivity index (χ1n) is 8.89. The minimum absolute atomic E-state index is 0.545. The molecule has 0 bridgehead atoms. The number of benzene rings is 1. The summed E-state index contributed by atoms with van der Waals surface area (Å²) in [6.45, 7) is 5.82. The third-order valence-corrected chi connectivity index (χ3v) is 5.03.